The van der Waals surface area contributed by atoms with Gasteiger partial charge >= 0.3 is 0 Å². The molecule has 3 nitrogen and oxygen atoms in total. The Kier molecular flexibility index (Phi) is 8.29. The third-order valence-electron chi connectivity index (χ3n) is 2.84. The van der Waals surface area contributed by atoms with Crippen LogP contribution in [0.5, 0.6) is 0 Å². The van der Waals surface area contributed by atoms with E-state index in [2.05, 4.69) is 5.32 Å². The molecule has 0 saturated heterocycles. The largest absolute Gasteiger partial charge is 0.353 e. The first-order valence-corrected chi connectivity index (χ1v) is 6.65. The molecule has 1 aliphatic rings. The zero-order valence-corrected chi connectivity index (χ0v) is 10.8. The molecule has 5 heteroatoms. The molecule has 0 aromatic rings. The van der Waals surface area contributed by atoms with Crippen LogP contribution < -0.4 is 11.1 Å². The number of amides is 1. The highest BCUT2D eigenvalue weighted by atomic mass is 35.5. The molecule has 2 unspecified atom stereocenters. The van der Waals surface area contributed by atoms with Gasteiger partial charge in [0, 0.05) is 18.2 Å². The van der Waals surface area contributed by atoms with Crippen molar-refractivity contribution in [1.29, 1.82) is 0 Å². The van der Waals surface area contributed by atoms with Crippen molar-refractivity contribution in [3.63, 3.8) is 0 Å². The van der Waals surface area contributed by atoms with Gasteiger partial charge in [-0.15, -0.1) is 12.4 Å². The van der Waals surface area contributed by atoms with Gasteiger partial charge in [0.2, 0.25) is 5.91 Å². The molecule has 15 heavy (non-hydrogen) atoms. The topological polar surface area (TPSA) is 55.1 Å². The highest BCUT2D eigenvalue weighted by molar-refractivity contribution is 7.98. The van der Waals surface area contributed by atoms with E-state index in [0.717, 1.165) is 12.2 Å². The van der Waals surface area contributed by atoms with Crippen LogP contribution in [0.3, 0.4) is 0 Å². The molecule has 90 valence electrons. The Morgan fingerprint density at radius 1 is 1.53 bits per heavy atom. The predicted octanol–water partition coefficient (Wildman–Crippen LogP) is 1.40. The van der Waals surface area contributed by atoms with Crippen LogP contribution in [0.4, 0.5) is 0 Å². The molecule has 1 amide bonds. The fraction of sp³-hybridized carbons (Fsp3) is 0.900. The lowest BCUT2D eigenvalue weighted by Crippen LogP contribution is -2.39. The van der Waals surface area contributed by atoms with Gasteiger partial charge in [-0.1, -0.05) is 6.42 Å². The minimum absolute atomic E-state index is 0. The number of halogens is 1. The van der Waals surface area contributed by atoms with Crippen LogP contribution in [0.1, 0.15) is 25.7 Å². The number of rotatable bonds is 5. The van der Waals surface area contributed by atoms with Gasteiger partial charge in [0.1, 0.15) is 0 Å². The van der Waals surface area contributed by atoms with E-state index in [1.54, 1.807) is 11.8 Å². The SMILES string of the molecule is CSCCC(=O)NC1CCCC1CN.Cl. The molecule has 1 saturated carbocycles. The third kappa shape index (κ3) is 5.09. The monoisotopic (exact) mass is 252 g/mol. The zero-order chi connectivity index (χ0) is 10.4. The Bertz CT molecular complexity index is 192. The average Bonchev–Trinajstić information content (AvgIpc) is 2.62. The number of carbonyl (C=O) groups excluding carboxylic acids is 1. The lowest BCUT2D eigenvalue weighted by molar-refractivity contribution is -0.121. The lowest BCUT2D eigenvalue weighted by atomic mass is 10.0. The third-order valence-corrected chi connectivity index (χ3v) is 3.45. The van der Waals surface area contributed by atoms with Crippen molar-refractivity contribution in [2.75, 3.05) is 18.6 Å². The molecule has 0 bridgehead atoms. The van der Waals surface area contributed by atoms with E-state index in [1.807, 2.05) is 6.26 Å². The van der Waals surface area contributed by atoms with Gasteiger partial charge in [0.15, 0.2) is 0 Å². The number of carbonyl (C=O) groups is 1. The molecule has 0 aromatic carbocycles. The van der Waals surface area contributed by atoms with Crippen LogP contribution in [0.15, 0.2) is 0 Å². The second kappa shape index (κ2) is 8.25. The van der Waals surface area contributed by atoms with Gasteiger partial charge in [-0.05, 0) is 31.6 Å². The minimum atomic E-state index is 0. The summed E-state index contributed by atoms with van der Waals surface area (Å²) >= 11 is 1.71. The van der Waals surface area contributed by atoms with Gasteiger partial charge in [0.25, 0.3) is 0 Å². The van der Waals surface area contributed by atoms with E-state index in [0.29, 0.717) is 24.9 Å². The summed E-state index contributed by atoms with van der Waals surface area (Å²) in [6.07, 6.45) is 6.13. The van der Waals surface area contributed by atoms with Crippen LogP contribution >= 0.6 is 24.2 Å². The van der Waals surface area contributed by atoms with Crippen molar-refractivity contribution in [2.24, 2.45) is 11.7 Å². The number of hydrogen-bond donors (Lipinski definition) is 2. The number of thioether (sulfide) groups is 1. The summed E-state index contributed by atoms with van der Waals surface area (Å²) in [4.78, 5) is 11.5. The van der Waals surface area contributed by atoms with E-state index in [4.69, 9.17) is 5.73 Å². The van der Waals surface area contributed by atoms with Crippen LogP contribution in [-0.2, 0) is 4.79 Å². The second-order valence-electron chi connectivity index (χ2n) is 3.84. The van der Waals surface area contributed by atoms with Crippen LogP contribution in [0.25, 0.3) is 0 Å². The lowest BCUT2D eigenvalue weighted by Gasteiger charge is -2.19. The molecule has 1 rings (SSSR count). The Morgan fingerprint density at radius 3 is 2.87 bits per heavy atom. The maximum absolute atomic E-state index is 11.5. The van der Waals surface area contributed by atoms with Crippen LogP contribution in [0, 0.1) is 5.92 Å². The summed E-state index contributed by atoms with van der Waals surface area (Å²) in [5.41, 5.74) is 5.64. The van der Waals surface area contributed by atoms with Gasteiger partial charge < -0.3 is 11.1 Å². The summed E-state index contributed by atoms with van der Waals surface area (Å²) in [5.74, 6) is 1.60. The molecule has 3 N–H and O–H groups in total. The van der Waals surface area contributed by atoms with Crippen molar-refractivity contribution in [1.82, 2.24) is 5.32 Å². The van der Waals surface area contributed by atoms with Gasteiger partial charge in [0.05, 0.1) is 0 Å². The first-order chi connectivity index (χ1) is 6.77. The Labute approximate surface area is 102 Å². The predicted molar refractivity (Wildman–Crippen MR) is 68.6 cm³/mol. The second-order valence-corrected chi connectivity index (χ2v) is 4.83. The Balaban J connectivity index is 0.00000196. The number of hydrogen-bond acceptors (Lipinski definition) is 3. The van der Waals surface area contributed by atoms with Crippen molar-refractivity contribution >= 4 is 30.1 Å². The summed E-state index contributed by atoms with van der Waals surface area (Å²) in [7, 11) is 0. The number of nitrogens with two attached hydrogens (primary N) is 1. The summed E-state index contributed by atoms with van der Waals surface area (Å²) in [5, 5.41) is 3.08. The van der Waals surface area contributed by atoms with Gasteiger partial charge in [-0.2, -0.15) is 11.8 Å². The molecule has 0 aromatic heterocycles. The molecule has 1 fully saturated rings. The minimum Gasteiger partial charge on any atom is -0.353 e. The van der Waals surface area contributed by atoms with E-state index in [9.17, 15) is 4.79 Å². The molecule has 2 atom stereocenters. The van der Waals surface area contributed by atoms with E-state index < -0.39 is 0 Å². The zero-order valence-electron chi connectivity index (χ0n) is 9.20. The molecule has 1 aliphatic carbocycles. The fourth-order valence-corrected chi connectivity index (χ4v) is 2.37. The first-order valence-electron chi connectivity index (χ1n) is 5.26. The van der Waals surface area contributed by atoms with Crippen molar-refractivity contribution < 1.29 is 4.79 Å². The normalized spacial score (nSPS) is 24.7. The van der Waals surface area contributed by atoms with Crippen molar-refractivity contribution in [2.45, 2.75) is 31.7 Å². The molecule has 0 heterocycles. The van der Waals surface area contributed by atoms with Gasteiger partial charge in [-0.3, -0.25) is 4.79 Å². The van der Waals surface area contributed by atoms with Gasteiger partial charge in [-0.25, -0.2) is 0 Å². The van der Waals surface area contributed by atoms with E-state index in [-0.39, 0.29) is 18.3 Å². The highest BCUT2D eigenvalue weighted by Crippen LogP contribution is 2.24. The van der Waals surface area contributed by atoms with Crippen LogP contribution in [0.2, 0.25) is 0 Å². The standard InChI is InChI=1S/C10H20N2OS.ClH/c1-14-6-5-10(13)12-9-4-2-3-8(9)7-11;/h8-9H,2-7,11H2,1H3,(H,12,13);1H. The Morgan fingerprint density at radius 2 is 2.27 bits per heavy atom. The smallest absolute Gasteiger partial charge is 0.221 e. The average molecular weight is 253 g/mol. The number of nitrogens with one attached hydrogen (secondary N) is 1. The van der Waals surface area contributed by atoms with E-state index in [1.165, 1.54) is 12.8 Å². The first kappa shape index (κ1) is 15.1. The highest BCUT2D eigenvalue weighted by Gasteiger charge is 2.26. The Hall–Kier alpha value is 0.0700. The van der Waals surface area contributed by atoms with Crippen molar-refractivity contribution in [3.05, 3.63) is 0 Å². The van der Waals surface area contributed by atoms with Crippen molar-refractivity contribution in [3.8, 4) is 0 Å². The summed E-state index contributed by atoms with van der Waals surface area (Å²) < 4.78 is 0. The maximum atomic E-state index is 11.5. The summed E-state index contributed by atoms with van der Waals surface area (Å²) in [6, 6.07) is 0.342. The molecule has 0 radical (unpaired) electrons. The quantitative estimate of drug-likeness (QED) is 0.778. The van der Waals surface area contributed by atoms with Crippen LogP contribution in [-0.4, -0.2) is 30.5 Å². The molecule has 0 spiro atoms. The molecular formula is C10H21ClN2OS. The molecule has 0 aliphatic heterocycles. The van der Waals surface area contributed by atoms with E-state index >= 15 is 0 Å². The molecular weight excluding hydrogens is 232 g/mol. The fourth-order valence-electron chi connectivity index (χ4n) is 1.98. The maximum Gasteiger partial charge on any atom is 0.221 e. The summed E-state index contributed by atoms with van der Waals surface area (Å²) in [6.45, 7) is 0.702.